The van der Waals surface area contributed by atoms with Crippen molar-refractivity contribution < 1.29 is 0 Å². The lowest BCUT2D eigenvalue weighted by Crippen LogP contribution is -1.84. The molecule has 0 atom stereocenters. The molecule has 16 heavy (non-hydrogen) atoms. The average Bonchev–Trinajstić information content (AvgIpc) is 2.33. The van der Waals surface area contributed by atoms with Crippen LogP contribution in [-0.2, 0) is 0 Å². The van der Waals surface area contributed by atoms with Crippen LogP contribution in [0.3, 0.4) is 0 Å². The Morgan fingerprint density at radius 2 is 1.62 bits per heavy atom. The summed E-state index contributed by atoms with van der Waals surface area (Å²) in [6, 6.07) is 7.72. The van der Waals surface area contributed by atoms with Gasteiger partial charge in [-0.15, -0.1) is 0 Å². The first-order valence-electron chi connectivity index (χ1n) is 4.57. The lowest BCUT2D eigenvalue weighted by molar-refractivity contribution is 0.933. The third kappa shape index (κ3) is 3.14. The number of nitrogens with zero attached hydrogens (tertiary/aromatic N) is 2. The summed E-state index contributed by atoms with van der Waals surface area (Å²) in [6.45, 7) is 0. The monoisotopic (exact) mass is 268 g/mol. The van der Waals surface area contributed by atoms with Crippen LogP contribution >= 0.6 is 35.1 Å². The average molecular weight is 269 g/mol. The quantitative estimate of drug-likeness (QED) is 0.621. The van der Waals surface area contributed by atoms with Crippen molar-refractivity contribution in [3.63, 3.8) is 0 Å². The lowest BCUT2D eigenvalue weighted by Gasteiger charge is -2.01. The summed E-state index contributed by atoms with van der Waals surface area (Å²) in [5.41, 5.74) is 0. The van der Waals surface area contributed by atoms with Gasteiger partial charge in [0, 0.05) is 27.2 Å². The Hall–Kier alpha value is -0.710. The van der Waals surface area contributed by atoms with E-state index in [2.05, 4.69) is 9.97 Å². The normalized spacial score (nSPS) is 10.4. The molecule has 0 radical (unpaired) electrons. The van der Waals surface area contributed by atoms with Gasteiger partial charge in [-0.05, 0) is 30.5 Å². The zero-order chi connectivity index (χ0) is 11.4. The smallest absolute Gasteiger partial charge is 0.187 e. The zero-order valence-electron chi connectivity index (χ0n) is 8.55. The molecule has 2 rings (SSSR count). The summed E-state index contributed by atoms with van der Waals surface area (Å²) >= 11 is 8.98. The number of thioether (sulfide) groups is 1. The van der Waals surface area contributed by atoms with Crippen LogP contribution in [0.2, 0.25) is 5.02 Å². The van der Waals surface area contributed by atoms with Crippen molar-refractivity contribution in [3.05, 3.63) is 41.7 Å². The molecule has 0 spiro atoms. The molecule has 0 amide bonds. The summed E-state index contributed by atoms with van der Waals surface area (Å²) in [7, 11) is 0. The maximum Gasteiger partial charge on any atom is 0.187 e. The number of aromatic nitrogens is 2. The van der Waals surface area contributed by atoms with E-state index in [4.69, 9.17) is 11.6 Å². The van der Waals surface area contributed by atoms with Crippen molar-refractivity contribution >= 4 is 35.1 Å². The molecule has 1 heterocycles. The number of hydrogen-bond donors (Lipinski definition) is 0. The highest BCUT2D eigenvalue weighted by atomic mass is 35.5. The van der Waals surface area contributed by atoms with Crippen LogP contribution in [0.1, 0.15) is 0 Å². The van der Waals surface area contributed by atoms with Gasteiger partial charge in [0.05, 0.1) is 0 Å². The fourth-order valence-electron chi connectivity index (χ4n) is 1.10. The van der Waals surface area contributed by atoms with Crippen LogP contribution in [0.25, 0.3) is 0 Å². The Bertz CT molecular complexity index is 456. The van der Waals surface area contributed by atoms with E-state index in [0.29, 0.717) is 0 Å². The standard InChI is InChI=1S/C11H9ClN2S2/c1-15-11-13-6-10(7-14-11)16-9-4-2-8(12)3-5-9/h2-7H,1H3. The molecule has 2 aromatic rings. The molecule has 1 aromatic heterocycles. The Morgan fingerprint density at radius 3 is 2.19 bits per heavy atom. The van der Waals surface area contributed by atoms with Gasteiger partial charge in [0.15, 0.2) is 5.16 Å². The molecule has 0 saturated heterocycles. The van der Waals surface area contributed by atoms with Gasteiger partial charge in [0.1, 0.15) is 0 Å². The van der Waals surface area contributed by atoms with E-state index in [-0.39, 0.29) is 0 Å². The van der Waals surface area contributed by atoms with Crippen LogP contribution in [0.4, 0.5) is 0 Å². The predicted molar refractivity (Wildman–Crippen MR) is 69.4 cm³/mol. The predicted octanol–water partition coefficient (Wildman–Crippen LogP) is 4.00. The molecule has 0 aliphatic rings. The minimum absolute atomic E-state index is 0.748. The van der Waals surface area contributed by atoms with E-state index in [1.807, 2.05) is 42.9 Å². The van der Waals surface area contributed by atoms with Gasteiger partial charge < -0.3 is 0 Å². The maximum atomic E-state index is 5.82. The summed E-state index contributed by atoms with van der Waals surface area (Å²) < 4.78 is 0. The van der Waals surface area contributed by atoms with Crippen LogP contribution in [0, 0.1) is 0 Å². The minimum atomic E-state index is 0.748. The molecule has 1 aromatic carbocycles. The highest BCUT2D eigenvalue weighted by Crippen LogP contribution is 2.27. The maximum absolute atomic E-state index is 5.82. The first-order chi connectivity index (χ1) is 7.78. The zero-order valence-corrected chi connectivity index (χ0v) is 10.9. The molecule has 0 N–H and O–H groups in total. The van der Waals surface area contributed by atoms with Gasteiger partial charge >= 0.3 is 0 Å². The van der Waals surface area contributed by atoms with E-state index in [1.54, 1.807) is 11.8 Å². The molecule has 2 nitrogen and oxygen atoms in total. The molecule has 82 valence electrons. The SMILES string of the molecule is CSc1ncc(Sc2ccc(Cl)cc2)cn1. The molecule has 0 aliphatic heterocycles. The highest BCUT2D eigenvalue weighted by molar-refractivity contribution is 7.99. The van der Waals surface area contributed by atoms with Gasteiger partial charge in [0.2, 0.25) is 0 Å². The van der Waals surface area contributed by atoms with Crippen LogP contribution in [-0.4, -0.2) is 16.2 Å². The molecule has 0 saturated carbocycles. The van der Waals surface area contributed by atoms with Gasteiger partial charge in [-0.2, -0.15) is 0 Å². The minimum Gasteiger partial charge on any atom is -0.230 e. The molecule has 0 fully saturated rings. The second-order valence-corrected chi connectivity index (χ2v) is 5.32. The van der Waals surface area contributed by atoms with Crippen molar-refractivity contribution in [3.8, 4) is 0 Å². The fourth-order valence-corrected chi connectivity index (χ4v) is 2.30. The number of halogens is 1. The highest BCUT2D eigenvalue weighted by Gasteiger charge is 1.99. The molecular formula is C11H9ClN2S2. The number of rotatable bonds is 3. The second kappa shape index (κ2) is 5.57. The Balaban J connectivity index is 2.11. The van der Waals surface area contributed by atoms with Crippen LogP contribution < -0.4 is 0 Å². The molecular weight excluding hydrogens is 260 g/mol. The van der Waals surface area contributed by atoms with Crippen molar-refractivity contribution in [2.24, 2.45) is 0 Å². The van der Waals surface area contributed by atoms with Gasteiger partial charge in [-0.3, -0.25) is 0 Å². The first-order valence-corrected chi connectivity index (χ1v) is 6.99. The van der Waals surface area contributed by atoms with Gasteiger partial charge in [-0.1, -0.05) is 35.1 Å². The van der Waals surface area contributed by atoms with E-state index < -0.39 is 0 Å². The largest absolute Gasteiger partial charge is 0.230 e. The Morgan fingerprint density at radius 1 is 1.00 bits per heavy atom. The van der Waals surface area contributed by atoms with Crippen molar-refractivity contribution in [1.82, 2.24) is 9.97 Å². The molecule has 0 aliphatic carbocycles. The Labute approximate surface area is 108 Å². The third-order valence-electron chi connectivity index (χ3n) is 1.84. The second-order valence-electron chi connectivity index (χ2n) is 2.96. The van der Waals surface area contributed by atoms with E-state index >= 15 is 0 Å². The third-order valence-corrected chi connectivity index (χ3v) is 3.62. The number of benzene rings is 1. The number of hydrogen-bond acceptors (Lipinski definition) is 4. The topological polar surface area (TPSA) is 25.8 Å². The van der Waals surface area contributed by atoms with Crippen LogP contribution in [0.5, 0.6) is 0 Å². The lowest BCUT2D eigenvalue weighted by atomic mass is 10.4. The van der Waals surface area contributed by atoms with Crippen molar-refractivity contribution in [1.29, 1.82) is 0 Å². The summed E-state index contributed by atoms with van der Waals surface area (Å²) in [5.74, 6) is 0. The summed E-state index contributed by atoms with van der Waals surface area (Å²) in [5, 5.41) is 1.54. The molecule has 5 heteroatoms. The van der Waals surface area contributed by atoms with Crippen molar-refractivity contribution in [2.45, 2.75) is 14.9 Å². The first kappa shape index (κ1) is 11.8. The Kier molecular flexibility index (Phi) is 4.09. The van der Waals surface area contributed by atoms with Crippen molar-refractivity contribution in [2.75, 3.05) is 6.26 Å². The molecule has 0 unspecified atom stereocenters. The molecule has 0 bridgehead atoms. The van der Waals surface area contributed by atoms with E-state index in [1.165, 1.54) is 11.8 Å². The van der Waals surface area contributed by atoms with E-state index in [9.17, 15) is 0 Å². The summed E-state index contributed by atoms with van der Waals surface area (Å²) in [6.07, 6.45) is 5.62. The van der Waals surface area contributed by atoms with Crippen LogP contribution in [0.15, 0.2) is 51.6 Å². The van der Waals surface area contributed by atoms with Gasteiger partial charge in [-0.25, -0.2) is 9.97 Å². The summed E-state index contributed by atoms with van der Waals surface area (Å²) in [4.78, 5) is 10.6. The van der Waals surface area contributed by atoms with E-state index in [0.717, 1.165) is 20.0 Å². The fraction of sp³-hybridized carbons (Fsp3) is 0.0909. The van der Waals surface area contributed by atoms with Gasteiger partial charge in [0.25, 0.3) is 0 Å².